The molecule has 1 aliphatic heterocycles. The van der Waals surface area contributed by atoms with Gasteiger partial charge in [-0.1, -0.05) is 0 Å². The van der Waals surface area contributed by atoms with Gasteiger partial charge >= 0.3 is 24.3 Å². The van der Waals surface area contributed by atoms with Crippen molar-refractivity contribution in [2.24, 2.45) is 0 Å². The van der Waals surface area contributed by atoms with E-state index in [4.69, 9.17) is 0 Å². The molecule has 21 heavy (non-hydrogen) atoms. The molecular weight excluding hydrogens is 334 g/mol. The Kier molecular flexibility index (Phi) is 4.71. The van der Waals surface area contributed by atoms with Crippen LogP contribution in [-0.2, 0) is 14.2 Å². The fourth-order valence-corrected chi connectivity index (χ4v) is 0.871. The Bertz CT molecular complexity index is 364. The van der Waals surface area contributed by atoms with Crippen molar-refractivity contribution in [3.05, 3.63) is 0 Å². The van der Waals surface area contributed by atoms with E-state index in [-0.39, 0.29) is 6.61 Å². The molecule has 126 valence electrons. The average Bonchev–Trinajstić information content (AvgIpc) is 3.07. The first-order chi connectivity index (χ1) is 9.21. The van der Waals surface area contributed by atoms with Gasteiger partial charge in [-0.2, -0.15) is 39.5 Å². The van der Waals surface area contributed by atoms with Gasteiger partial charge in [0.15, 0.2) is 0 Å². The van der Waals surface area contributed by atoms with E-state index in [1.165, 1.54) is 0 Å². The second-order valence-corrected chi connectivity index (χ2v) is 3.85. The van der Waals surface area contributed by atoms with Gasteiger partial charge in [0, 0.05) is 0 Å². The fraction of sp³-hybridized carbons (Fsp3) is 1.00. The summed E-state index contributed by atoms with van der Waals surface area (Å²) in [6, 6.07) is 0. The molecule has 2 unspecified atom stereocenters. The third kappa shape index (κ3) is 4.10. The standard InChI is InChI=1S/C8H6F10O3/c9-4(5(10,11)20-2-3-1-19-3)21-8(17,18)6(12,13)7(14,15)16/h3-4H,1-2H2. The molecule has 1 aliphatic rings. The number of epoxide rings is 1. The molecule has 2 atom stereocenters. The van der Waals surface area contributed by atoms with Gasteiger partial charge < -0.3 is 9.47 Å². The van der Waals surface area contributed by atoms with E-state index in [2.05, 4.69) is 14.2 Å². The highest BCUT2D eigenvalue weighted by Gasteiger charge is 2.76. The highest BCUT2D eigenvalue weighted by atomic mass is 19.4. The zero-order valence-corrected chi connectivity index (χ0v) is 9.57. The molecule has 3 nitrogen and oxygen atoms in total. The smallest absolute Gasteiger partial charge is 0.371 e. The minimum absolute atomic E-state index is 0.0454. The van der Waals surface area contributed by atoms with Crippen molar-refractivity contribution in [3.63, 3.8) is 0 Å². The lowest BCUT2D eigenvalue weighted by atomic mass is 10.3. The number of hydrogen-bond acceptors (Lipinski definition) is 3. The van der Waals surface area contributed by atoms with Crippen molar-refractivity contribution in [1.82, 2.24) is 0 Å². The number of ether oxygens (including phenoxy) is 3. The summed E-state index contributed by atoms with van der Waals surface area (Å²) in [5.41, 5.74) is 0. The first-order valence-corrected chi connectivity index (χ1v) is 4.98. The maximum Gasteiger partial charge on any atom is 0.462 e. The van der Waals surface area contributed by atoms with Gasteiger partial charge in [-0.25, -0.2) is 4.39 Å². The van der Waals surface area contributed by atoms with E-state index >= 15 is 0 Å². The normalized spacial score (nSPS) is 22.3. The molecule has 1 fully saturated rings. The Morgan fingerprint density at radius 1 is 1.00 bits per heavy atom. The zero-order valence-electron chi connectivity index (χ0n) is 9.57. The molecule has 0 aromatic carbocycles. The number of halogens is 10. The summed E-state index contributed by atoms with van der Waals surface area (Å²) in [7, 11) is 0. The average molecular weight is 340 g/mol. The molecule has 13 heteroatoms. The quantitative estimate of drug-likeness (QED) is 0.527. The summed E-state index contributed by atoms with van der Waals surface area (Å²) in [5.74, 6) is -6.87. The van der Waals surface area contributed by atoms with Gasteiger partial charge in [0.1, 0.15) is 6.10 Å². The van der Waals surface area contributed by atoms with Crippen LogP contribution in [0.4, 0.5) is 43.9 Å². The third-order valence-electron chi connectivity index (χ3n) is 2.10. The summed E-state index contributed by atoms with van der Waals surface area (Å²) < 4.78 is 133. The van der Waals surface area contributed by atoms with Crippen LogP contribution < -0.4 is 0 Å². The van der Waals surface area contributed by atoms with Crippen LogP contribution in [0.3, 0.4) is 0 Å². The predicted molar refractivity (Wildman–Crippen MR) is 42.6 cm³/mol. The van der Waals surface area contributed by atoms with Gasteiger partial charge in [-0.3, -0.25) is 4.74 Å². The van der Waals surface area contributed by atoms with Gasteiger partial charge in [-0.05, 0) is 0 Å². The monoisotopic (exact) mass is 340 g/mol. The highest BCUT2D eigenvalue weighted by molar-refractivity contribution is 4.85. The summed E-state index contributed by atoms with van der Waals surface area (Å²) in [6.45, 7) is -1.03. The maximum absolute atomic E-state index is 12.8. The van der Waals surface area contributed by atoms with E-state index in [1.807, 2.05) is 0 Å². The summed E-state index contributed by atoms with van der Waals surface area (Å²) in [5, 5.41) is 0. The topological polar surface area (TPSA) is 31.0 Å². The molecule has 0 saturated carbocycles. The molecule has 0 N–H and O–H groups in total. The van der Waals surface area contributed by atoms with Crippen LogP contribution in [0.2, 0.25) is 0 Å². The Hall–Kier alpha value is -0.820. The van der Waals surface area contributed by atoms with E-state index in [1.54, 1.807) is 0 Å². The number of hydrogen-bond donors (Lipinski definition) is 0. The lowest BCUT2D eigenvalue weighted by Crippen LogP contribution is -2.56. The molecule has 1 heterocycles. The van der Waals surface area contributed by atoms with Gasteiger partial charge in [0.25, 0.3) is 6.36 Å². The Morgan fingerprint density at radius 3 is 1.86 bits per heavy atom. The number of rotatable bonds is 7. The van der Waals surface area contributed by atoms with Crippen LogP contribution >= 0.6 is 0 Å². The van der Waals surface area contributed by atoms with Crippen molar-refractivity contribution < 1.29 is 58.1 Å². The summed E-state index contributed by atoms with van der Waals surface area (Å²) in [4.78, 5) is 0. The third-order valence-corrected chi connectivity index (χ3v) is 2.10. The molecule has 0 aromatic heterocycles. The van der Waals surface area contributed by atoms with E-state index in [0.29, 0.717) is 0 Å². The highest BCUT2D eigenvalue weighted by Crippen LogP contribution is 2.48. The van der Waals surface area contributed by atoms with Crippen LogP contribution in [0.5, 0.6) is 0 Å². The number of alkyl halides is 10. The lowest BCUT2D eigenvalue weighted by Gasteiger charge is -2.30. The summed E-state index contributed by atoms with van der Waals surface area (Å²) in [6.07, 6.45) is -24.0. The minimum Gasteiger partial charge on any atom is -0.371 e. The molecule has 0 radical (unpaired) electrons. The van der Waals surface area contributed by atoms with Crippen LogP contribution in [0.25, 0.3) is 0 Å². The van der Waals surface area contributed by atoms with E-state index in [9.17, 15) is 43.9 Å². The van der Waals surface area contributed by atoms with E-state index in [0.717, 1.165) is 0 Å². The molecule has 0 spiro atoms. The predicted octanol–water partition coefficient (Wildman–Crippen LogP) is 3.10. The van der Waals surface area contributed by atoms with Crippen molar-refractivity contribution in [3.8, 4) is 0 Å². The van der Waals surface area contributed by atoms with Crippen molar-refractivity contribution in [1.29, 1.82) is 0 Å². The van der Waals surface area contributed by atoms with Gasteiger partial charge in [0.2, 0.25) is 0 Å². The van der Waals surface area contributed by atoms with Gasteiger partial charge in [-0.15, -0.1) is 0 Å². The Morgan fingerprint density at radius 2 is 1.48 bits per heavy atom. The van der Waals surface area contributed by atoms with Crippen LogP contribution in [0, 0.1) is 0 Å². The molecule has 0 amide bonds. The molecule has 0 aromatic rings. The second-order valence-electron chi connectivity index (χ2n) is 3.85. The molecule has 1 rings (SSSR count). The largest absolute Gasteiger partial charge is 0.462 e. The summed E-state index contributed by atoms with van der Waals surface area (Å²) >= 11 is 0. The van der Waals surface area contributed by atoms with Gasteiger partial charge in [0.05, 0.1) is 13.2 Å². The van der Waals surface area contributed by atoms with E-state index < -0.39 is 43.4 Å². The van der Waals surface area contributed by atoms with Crippen LogP contribution in [0.15, 0.2) is 0 Å². The molecule has 0 aliphatic carbocycles. The fourth-order valence-electron chi connectivity index (χ4n) is 0.871. The van der Waals surface area contributed by atoms with Crippen molar-refractivity contribution >= 4 is 0 Å². The minimum atomic E-state index is -6.87. The first-order valence-electron chi connectivity index (χ1n) is 4.98. The molecule has 1 saturated heterocycles. The SMILES string of the molecule is FC(OC(F)(F)C(F)(F)C(F)(F)F)C(F)(F)OCC1CO1. The Balaban J connectivity index is 2.71. The van der Waals surface area contributed by atoms with Crippen LogP contribution in [-0.4, -0.2) is 50.0 Å². The van der Waals surface area contributed by atoms with Crippen molar-refractivity contribution in [2.75, 3.05) is 13.2 Å². The Labute approximate surface area is 109 Å². The molecule has 0 bridgehead atoms. The second kappa shape index (κ2) is 5.43. The van der Waals surface area contributed by atoms with Crippen molar-refractivity contribution in [2.45, 2.75) is 36.8 Å². The molecular formula is C8H6F10O3. The van der Waals surface area contributed by atoms with Crippen LogP contribution in [0.1, 0.15) is 0 Å². The zero-order chi connectivity index (χ0) is 16.7. The first kappa shape index (κ1) is 18.2. The maximum atomic E-state index is 12.8. The lowest BCUT2D eigenvalue weighted by molar-refractivity contribution is -0.465.